The highest BCUT2D eigenvalue weighted by Crippen LogP contribution is 2.59. The Balaban J connectivity index is 0.000000121. The minimum atomic E-state index is 0.218. The van der Waals surface area contributed by atoms with E-state index < -0.39 is 0 Å². The van der Waals surface area contributed by atoms with Crippen LogP contribution < -0.4 is 22.9 Å². The van der Waals surface area contributed by atoms with Crippen LogP contribution in [-0.2, 0) is 25.7 Å². The lowest BCUT2D eigenvalue weighted by atomic mass is 9.69. The Hall–Kier alpha value is -3.03. The lowest BCUT2D eigenvalue weighted by Gasteiger charge is -2.52. The number of aryl methyl sites for hydroxylation is 4. The molecular formula is C71H111N9S. The molecule has 0 amide bonds. The predicted molar refractivity (Wildman–Crippen MR) is 342 cm³/mol. The highest BCUT2D eigenvalue weighted by Gasteiger charge is 2.56. The van der Waals surface area contributed by atoms with Gasteiger partial charge in [-0.1, -0.05) is 54.6 Å². The highest BCUT2D eigenvalue weighted by atomic mass is 32.1. The minimum absolute atomic E-state index is 0.218. The van der Waals surface area contributed by atoms with Crippen molar-refractivity contribution in [1.29, 1.82) is 0 Å². The van der Waals surface area contributed by atoms with Gasteiger partial charge in [-0.15, -0.1) is 11.3 Å². The van der Waals surface area contributed by atoms with Crippen LogP contribution in [0.25, 0.3) is 0 Å². The fourth-order valence-corrected chi connectivity index (χ4v) is 19.0. The van der Waals surface area contributed by atoms with Gasteiger partial charge >= 0.3 is 0 Å². The van der Waals surface area contributed by atoms with Gasteiger partial charge in [0.05, 0.1) is 10.7 Å². The smallest absolute Gasteiger partial charge is 0.0900 e. The molecule has 2 bridgehead atoms. The van der Waals surface area contributed by atoms with Gasteiger partial charge in [-0.05, 0) is 312 Å². The van der Waals surface area contributed by atoms with Crippen LogP contribution in [0.5, 0.6) is 0 Å². The summed E-state index contributed by atoms with van der Waals surface area (Å²) in [5.41, 5.74) is 43.6. The van der Waals surface area contributed by atoms with Gasteiger partial charge in [-0.3, -0.25) is 19.6 Å². The zero-order valence-corrected chi connectivity index (χ0v) is 54.6. The van der Waals surface area contributed by atoms with Crippen molar-refractivity contribution in [3.05, 3.63) is 120 Å². The van der Waals surface area contributed by atoms with E-state index in [0.29, 0.717) is 27.2 Å². The second-order valence-corrected chi connectivity index (χ2v) is 33.1. The van der Waals surface area contributed by atoms with Gasteiger partial charge in [0.2, 0.25) is 0 Å². The minimum Gasteiger partial charge on any atom is -0.323 e. The van der Waals surface area contributed by atoms with Crippen LogP contribution in [0.3, 0.4) is 0 Å². The Labute approximate surface area is 496 Å². The van der Waals surface area contributed by atoms with E-state index >= 15 is 0 Å². The standard InChI is InChI=1S/C20H30N2.2C18H28N2.C15H25N3S/c1-13-6-5-7-16-17(13)12-20(18(16)21)10-14-8-9-15(11-20)22(14)19(2,3)4;2*1-13-6-5-7-14-15(13)12-18(16(14)19)8-10-20(11-9-18)17(2,3)4;1-10-17-11-9-15(13(16)12(11)19-10)5-7-18(8-6-15)14(2,3)4/h5-7,14-15,18H,8-12,21H2,1-4H3;2*5-7,16H,8-12,19H2,1-4H3;13H,5-9,16H2,1-4H3/t14?,15?,18-,20?;2*16-;/m110./s1. The van der Waals surface area contributed by atoms with E-state index in [9.17, 15) is 0 Å². The summed E-state index contributed by atoms with van der Waals surface area (Å²) in [5.74, 6) is 0. The van der Waals surface area contributed by atoms with Crippen molar-refractivity contribution in [3.63, 3.8) is 0 Å². The average molecular weight is 1120 g/mol. The molecule has 0 saturated carbocycles. The quantitative estimate of drug-likeness (QED) is 0.136. The third-order valence-corrected chi connectivity index (χ3v) is 24.1. The molecule has 6 atom stereocenters. The van der Waals surface area contributed by atoms with E-state index in [1.165, 1.54) is 183 Å². The molecule has 13 rings (SSSR count). The van der Waals surface area contributed by atoms with Crippen LogP contribution in [0.4, 0.5) is 0 Å². The maximum Gasteiger partial charge on any atom is 0.0900 e. The van der Waals surface area contributed by atoms with Crippen molar-refractivity contribution >= 4 is 11.3 Å². The second kappa shape index (κ2) is 22.0. The third-order valence-electron chi connectivity index (χ3n) is 23.0. The molecule has 5 aliphatic heterocycles. The number of hydrogen-bond acceptors (Lipinski definition) is 10. The molecule has 9 nitrogen and oxygen atoms in total. The van der Waals surface area contributed by atoms with Crippen molar-refractivity contribution in [2.75, 3.05) is 39.3 Å². The number of aromatic nitrogens is 1. The lowest BCUT2D eigenvalue weighted by molar-refractivity contribution is -0.0225. The Morgan fingerprint density at radius 2 is 0.753 bits per heavy atom. The second-order valence-electron chi connectivity index (χ2n) is 31.9. The monoisotopic (exact) mass is 1120 g/mol. The molecule has 446 valence electrons. The fraction of sp³-hybridized carbons (Fsp3) is 0.704. The van der Waals surface area contributed by atoms with Crippen LogP contribution in [0, 0.1) is 49.4 Å². The van der Waals surface area contributed by atoms with Crippen LogP contribution in [0.2, 0.25) is 0 Å². The summed E-state index contributed by atoms with van der Waals surface area (Å²) in [4.78, 5) is 16.7. The van der Waals surface area contributed by atoms with Gasteiger partial charge < -0.3 is 22.9 Å². The van der Waals surface area contributed by atoms with Crippen molar-refractivity contribution in [3.8, 4) is 0 Å². The number of fused-ring (bicyclic) bond motifs is 6. The number of likely N-dealkylation sites (tertiary alicyclic amines) is 3. The van der Waals surface area contributed by atoms with E-state index in [0.717, 1.165) is 18.5 Å². The zero-order valence-electron chi connectivity index (χ0n) is 53.8. The molecule has 3 unspecified atom stereocenters. The van der Waals surface area contributed by atoms with Crippen molar-refractivity contribution in [2.45, 2.75) is 259 Å². The molecule has 4 spiro atoms. The number of benzene rings is 3. The van der Waals surface area contributed by atoms with Crippen LogP contribution in [0.15, 0.2) is 54.6 Å². The molecule has 5 fully saturated rings. The first-order valence-electron chi connectivity index (χ1n) is 32.1. The van der Waals surface area contributed by atoms with Gasteiger partial charge in [0.15, 0.2) is 0 Å². The summed E-state index contributed by atoms with van der Waals surface area (Å²) in [6.07, 6.45) is 17.4. The van der Waals surface area contributed by atoms with Gasteiger partial charge in [-0.25, -0.2) is 4.98 Å². The van der Waals surface area contributed by atoms with E-state index in [-0.39, 0.29) is 40.8 Å². The van der Waals surface area contributed by atoms with E-state index in [1.807, 2.05) is 11.3 Å². The Kier molecular flexibility index (Phi) is 16.6. The number of nitrogens with zero attached hydrogens (tertiary/aromatic N) is 5. The first kappa shape index (κ1) is 61.1. The molecule has 9 aliphatic rings. The lowest BCUT2D eigenvalue weighted by Crippen LogP contribution is -2.56. The molecule has 4 aromatic rings. The molecule has 10 heteroatoms. The SMILES string of the molecule is Cc1cccc2c1CC1(CC3CCC(C1)N3C(C)(C)C)[C@@H]2N.Cc1cccc2c1CC1(CCN(C(C)(C)C)CC1)[C@@H]2N.Cc1cccc2c1CC1(CCN(C(C)(C)C)CC1)[C@H]2N.Cc1nc2c(s1)C(N)C1(CCN(C(C)(C)C)CC1)C2. The van der Waals surface area contributed by atoms with Crippen LogP contribution in [0.1, 0.15) is 237 Å². The maximum absolute atomic E-state index is 6.81. The Morgan fingerprint density at radius 3 is 1.06 bits per heavy atom. The molecule has 0 radical (unpaired) electrons. The topological polar surface area (TPSA) is 130 Å². The van der Waals surface area contributed by atoms with Crippen LogP contribution >= 0.6 is 11.3 Å². The van der Waals surface area contributed by atoms with E-state index in [4.69, 9.17) is 22.9 Å². The molecule has 4 aliphatic carbocycles. The van der Waals surface area contributed by atoms with Gasteiger partial charge in [-0.2, -0.15) is 0 Å². The summed E-state index contributed by atoms with van der Waals surface area (Å²) in [7, 11) is 0. The van der Waals surface area contributed by atoms with Gasteiger partial charge in [0.1, 0.15) is 0 Å². The Bertz CT molecular complexity index is 2750. The molecule has 81 heavy (non-hydrogen) atoms. The van der Waals surface area contributed by atoms with E-state index in [1.54, 1.807) is 5.56 Å². The molecule has 3 aromatic carbocycles. The third kappa shape index (κ3) is 11.5. The average Bonchev–Trinajstić information content (AvgIpc) is 4.32. The van der Waals surface area contributed by atoms with Gasteiger partial charge in [0, 0.05) is 63.3 Å². The summed E-state index contributed by atoms with van der Waals surface area (Å²) in [5, 5.41) is 1.17. The first-order valence-corrected chi connectivity index (χ1v) is 32.9. The summed E-state index contributed by atoms with van der Waals surface area (Å²) in [6.45, 7) is 43.9. The zero-order chi connectivity index (χ0) is 58.6. The molecule has 6 heterocycles. The van der Waals surface area contributed by atoms with Crippen molar-refractivity contribution < 1.29 is 0 Å². The number of rotatable bonds is 0. The summed E-state index contributed by atoms with van der Waals surface area (Å²) < 4.78 is 0. The summed E-state index contributed by atoms with van der Waals surface area (Å²) in [6, 6.07) is 22.4. The normalized spacial score (nSPS) is 29.4. The number of nitrogens with two attached hydrogens (primary N) is 4. The number of thiazole rings is 1. The number of hydrogen-bond donors (Lipinski definition) is 4. The summed E-state index contributed by atoms with van der Waals surface area (Å²) >= 11 is 1.81. The van der Waals surface area contributed by atoms with Crippen LogP contribution in [-0.4, -0.2) is 98.1 Å². The van der Waals surface area contributed by atoms with Gasteiger partial charge in [0.25, 0.3) is 0 Å². The molecular weight excluding hydrogens is 1010 g/mol. The highest BCUT2D eigenvalue weighted by molar-refractivity contribution is 7.11. The first-order chi connectivity index (χ1) is 37.8. The predicted octanol–water partition coefficient (Wildman–Crippen LogP) is 13.7. The number of piperidine rings is 4. The molecule has 8 N–H and O–H groups in total. The fourth-order valence-electron chi connectivity index (χ4n) is 17.9. The van der Waals surface area contributed by atoms with Crippen molar-refractivity contribution in [2.24, 2.45) is 44.6 Å². The van der Waals surface area contributed by atoms with Crippen molar-refractivity contribution in [1.82, 2.24) is 24.6 Å². The largest absolute Gasteiger partial charge is 0.323 e. The van der Waals surface area contributed by atoms with E-state index in [2.05, 4.69) is 190 Å². The molecule has 5 saturated heterocycles. The molecule has 1 aromatic heterocycles. The Morgan fingerprint density at radius 1 is 0.432 bits per heavy atom. The maximum atomic E-state index is 6.81.